The number of carbonyl (C=O) groups excluding carboxylic acids is 2. The van der Waals surface area contributed by atoms with Crippen molar-refractivity contribution >= 4 is 17.5 Å². The molecule has 4 heteroatoms. The average molecular weight is 192 g/mol. The van der Waals surface area contributed by atoms with E-state index in [4.69, 9.17) is 0 Å². The lowest BCUT2D eigenvalue weighted by Crippen LogP contribution is -2.09. The van der Waals surface area contributed by atoms with E-state index >= 15 is 0 Å². The number of nitrogens with one attached hydrogen (secondary N) is 1. The first kappa shape index (κ1) is 10.4. The van der Waals surface area contributed by atoms with Gasteiger partial charge in [0.2, 0.25) is 5.91 Å². The van der Waals surface area contributed by atoms with E-state index in [-0.39, 0.29) is 11.7 Å². The van der Waals surface area contributed by atoms with Crippen LogP contribution in [0.25, 0.3) is 0 Å². The zero-order valence-corrected chi connectivity index (χ0v) is 8.42. The third-order valence-corrected chi connectivity index (χ3v) is 1.78. The van der Waals surface area contributed by atoms with Crippen molar-refractivity contribution in [1.82, 2.24) is 4.98 Å². The van der Waals surface area contributed by atoms with Crippen molar-refractivity contribution in [3.63, 3.8) is 0 Å². The topological polar surface area (TPSA) is 59.1 Å². The molecule has 4 nitrogen and oxygen atoms in total. The van der Waals surface area contributed by atoms with Crippen molar-refractivity contribution in [2.45, 2.75) is 20.8 Å². The second-order valence-corrected chi connectivity index (χ2v) is 3.13. The summed E-state index contributed by atoms with van der Waals surface area (Å²) in [7, 11) is 0. The normalized spacial score (nSPS) is 9.64. The summed E-state index contributed by atoms with van der Waals surface area (Å²) in [6.45, 7) is 4.69. The van der Waals surface area contributed by atoms with Crippen LogP contribution in [0, 0.1) is 6.92 Å². The predicted octanol–water partition coefficient (Wildman–Crippen LogP) is 1.55. The van der Waals surface area contributed by atoms with E-state index in [1.54, 1.807) is 13.0 Å². The van der Waals surface area contributed by atoms with Crippen molar-refractivity contribution in [3.8, 4) is 0 Å². The summed E-state index contributed by atoms with van der Waals surface area (Å²) in [6.07, 6.45) is 1.46. The van der Waals surface area contributed by atoms with Gasteiger partial charge >= 0.3 is 0 Å². The Morgan fingerprint density at radius 1 is 1.36 bits per heavy atom. The molecule has 0 atom stereocenters. The Bertz CT molecular complexity index is 386. The molecule has 0 aliphatic rings. The molecule has 0 spiro atoms. The lowest BCUT2D eigenvalue weighted by atomic mass is 10.1. The van der Waals surface area contributed by atoms with E-state index < -0.39 is 0 Å². The van der Waals surface area contributed by atoms with Gasteiger partial charge in [0.1, 0.15) is 5.82 Å². The SMILES string of the molecule is CC(=O)Nc1ncc(C(C)=O)cc1C. The molecule has 1 N–H and O–H groups in total. The van der Waals surface area contributed by atoms with Gasteiger partial charge in [-0.25, -0.2) is 4.98 Å². The molecule has 1 heterocycles. The number of hydrogen-bond acceptors (Lipinski definition) is 3. The number of amides is 1. The van der Waals surface area contributed by atoms with Gasteiger partial charge in [0.05, 0.1) is 0 Å². The predicted molar refractivity (Wildman–Crippen MR) is 53.3 cm³/mol. The number of ketones is 1. The maximum atomic E-state index is 11.0. The molecule has 1 aromatic heterocycles. The molecule has 0 aliphatic carbocycles. The van der Waals surface area contributed by atoms with Crippen molar-refractivity contribution in [3.05, 3.63) is 23.4 Å². The zero-order valence-electron chi connectivity index (χ0n) is 8.42. The molecule has 0 bridgehead atoms. The summed E-state index contributed by atoms with van der Waals surface area (Å²) in [5.41, 5.74) is 1.34. The fourth-order valence-corrected chi connectivity index (χ4v) is 1.06. The number of nitrogens with zero attached hydrogens (tertiary/aromatic N) is 1. The fraction of sp³-hybridized carbons (Fsp3) is 0.300. The standard InChI is InChI=1S/C10H12N2O2/c1-6-4-9(7(2)13)5-11-10(6)12-8(3)14/h4-5H,1-3H3,(H,11,12,14). The van der Waals surface area contributed by atoms with Crippen LogP contribution in [-0.2, 0) is 4.79 Å². The Balaban J connectivity index is 3.01. The van der Waals surface area contributed by atoms with Gasteiger partial charge in [-0.1, -0.05) is 0 Å². The van der Waals surface area contributed by atoms with Crippen LogP contribution in [0.15, 0.2) is 12.3 Å². The Hall–Kier alpha value is -1.71. The molecule has 1 amide bonds. The third-order valence-electron chi connectivity index (χ3n) is 1.78. The Morgan fingerprint density at radius 2 is 2.00 bits per heavy atom. The lowest BCUT2D eigenvalue weighted by molar-refractivity contribution is -0.114. The summed E-state index contributed by atoms with van der Waals surface area (Å²) in [4.78, 5) is 25.8. The number of carbonyl (C=O) groups is 2. The molecular formula is C10H12N2O2. The molecule has 74 valence electrons. The number of aryl methyl sites for hydroxylation is 1. The van der Waals surface area contributed by atoms with Crippen LogP contribution in [0.1, 0.15) is 29.8 Å². The highest BCUT2D eigenvalue weighted by atomic mass is 16.1. The van der Waals surface area contributed by atoms with E-state index in [0.29, 0.717) is 11.4 Å². The van der Waals surface area contributed by atoms with Crippen LogP contribution in [0.3, 0.4) is 0 Å². The lowest BCUT2D eigenvalue weighted by Gasteiger charge is -2.05. The van der Waals surface area contributed by atoms with E-state index in [2.05, 4.69) is 10.3 Å². The summed E-state index contributed by atoms with van der Waals surface area (Å²) < 4.78 is 0. The second-order valence-electron chi connectivity index (χ2n) is 3.13. The van der Waals surface area contributed by atoms with Crippen LogP contribution in [0.5, 0.6) is 0 Å². The van der Waals surface area contributed by atoms with Crippen LogP contribution in [0.2, 0.25) is 0 Å². The maximum Gasteiger partial charge on any atom is 0.222 e. The van der Waals surface area contributed by atoms with Gasteiger partial charge < -0.3 is 5.32 Å². The minimum absolute atomic E-state index is 0.0324. The van der Waals surface area contributed by atoms with Crippen molar-refractivity contribution in [1.29, 1.82) is 0 Å². The molecule has 1 aromatic rings. The Kier molecular flexibility index (Phi) is 2.96. The molecule has 0 aliphatic heterocycles. The van der Waals surface area contributed by atoms with E-state index in [1.807, 2.05) is 0 Å². The second kappa shape index (κ2) is 4.00. The summed E-state index contributed by atoms with van der Waals surface area (Å²) in [5, 5.41) is 2.58. The first-order chi connectivity index (χ1) is 6.50. The quantitative estimate of drug-likeness (QED) is 0.723. The molecule has 0 aromatic carbocycles. The van der Waals surface area contributed by atoms with Crippen LogP contribution >= 0.6 is 0 Å². The van der Waals surface area contributed by atoms with Gasteiger partial charge in [-0.15, -0.1) is 0 Å². The van der Waals surface area contributed by atoms with Crippen LogP contribution in [-0.4, -0.2) is 16.7 Å². The number of hydrogen-bond donors (Lipinski definition) is 1. The monoisotopic (exact) mass is 192 g/mol. The molecule has 0 fully saturated rings. The molecule has 0 saturated heterocycles. The van der Waals surface area contributed by atoms with Gasteiger partial charge in [0.25, 0.3) is 0 Å². The molecule has 0 radical (unpaired) electrons. The van der Waals surface area contributed by atoms with Gasteiger partial charge in [-0.2, -0.15) is 0 Å². The van der Waals surface area contributed by atoms with E-state index in [0.717, 1.165) is 5.56 Å². The van der Waals surface area contributed by atoms with Crippen molar-refractivity contribution in [2.75, 3.05) is 5.32 Å². The molecular weight excluding hydrogens is 180 g/mol. The minimum Gasteiger partial charge on any atom is -0.311 e. The Morgan fingerprint density at radius 3 is 2.43 bits per heavy atom. The van der Waals surface area contributed by atoms with Crippen LogP contribution < -0.4 is 5.32 Å². The first-order valence-electron chi connectivity index (χ1n) is 4.26. The molecule has 0 saturated carbocycles. The highest BCUT2D eigenvalue weighted by Crippen LogP contribution is 2.12. The summed E-state index contributed by atoms with van der Waals surface area (Å²) in [6, 6.07) is 1.71. The Labute approximate surface area is 82.3 Å². The number of rotatable bonds is 2. The third kappa shape index (κ3) is 2.39. The van der Waals surface area contributed by atoms with Crippen LogP contribution in [0.4, 0.5) is 5.82 Å². The number of pyridine rings is 1. The van der Waals surface area contributed by atoms with E-state index in [9.17, 15) is 9.59 Å². The summed E-state index contributed by atoms with van der Waals surface area (Å²) in [5.74, 6) is 0.300. The molecule has 14 heavy (non-hydrogen) atoms. The van der Waals surface area contributed by atoms with Gasteiger partial charge in [0.15, 0.2) is 5.78 Å². The maximum absolute atomic E-state index is 11.0. The molecule has 0 unspecified atom stereocenters. The highest BCUT2D eigenvalue weighted by Gasteiger charge is 2.05. The summed E-state index contributed by atoms with van der Waals surface area (Å²) >= 11 is 0. The van der Waals surface area contributed by atoms with Gasteiger partial charge in [-0.05, 0) is 25.5 Å². The van der Waals surface area contributed by atoms with E-state index in [1.165, 1.54) is 20.0 Å². The van der Waals surface area contributed by atoms with Crippen molar-refractivity contribution < 1.29 is 9.59 Å². The number of Topliss-reactive ketones (excluding diaryl/α,β-unsaturated/α-hetero) is 1. The zero-order chi connectivity index (χ0) is 10.7. The van der Waals surface area contributed by atoms with Crippen molar-refractivity contribution in [2.24, 2.45) is 0 Å². The average Bonchev–Trinajstić information content (AvgIpc) is 2.07. The largest absolute Gasteiger partial charge is 0.311 e. The first-order valence-corrected chi connectivity index (χ1v) is 4.26. The number of aromatic nitrogens is 1. The fourth-order valence-electron chi connectivity index (χ4n) is 1.06. The molecule has 1 rings (SSSR count). The smallest absolute Gasteiger partial charge is 0.222 e. The number of anilines is 1. The minimum atomic E-state index is -0.170. The van der Waals surface area contributed by atoms with Gasteiger partial charge in [-0.3, -0.25) is 9.59 Å². The highest BCUT2D eigenvalue weighted by molar-refractivity contribution is 5.95. The van der Waals surface area contributed by atoms with Gasteiger partial charge in [0, 0.05) is 18.7 Å².